The van der Waals surface area contributed by atoms with Crippen LogP contribution in [0.2, 0.25) is 0 Å². The van der Waals surface area contributed by atoms with Gasteiger partial charge in [0.15, 0.2) is 5.78 Å². The molecular formula is C27H48O. The molecule has 1 rings (SSSR count). The molecule has 0 saturated carbocycles. The van der Waals surface area contributed by atoms with Gasteiger partial charge < -0.3 is 0 Å². The van der Waals surface area contributed by atoms with Crippen LogP contribution in [0.1, 0.15) is 140 Å². The van der Waals surface area contributed by atoms with Crippen LogP contribution in [0, 0.1) is 0 Å². The van der Waals surface area contributed by atoms with Gasteiger partial charge >= 0.3 is 0 Å². The monoisotopic (exact) mass is 388 g/mol. The van der Waals surface area contributed by atoms with E-state index in [4.69, 9.17) is 0 Å². The lowest BCUT2D eigenvalue weighted by Crippen LogP contribution is -1.98. The molecule has 1 heteroatoms. The molecule has 0 spiro atoms. The highest BCUT2D eigenvalue weighted by Gasteiger charge is 2.03. The van der Waals surface area contributed by atoms with Crippen molar-refractivity contribution in [2.24, 2.45) is 0 Å². The first-order valence-corrected chi connectivity index (χ1v) is 11.9. The second-order valence-electron chi connectivity index (χ2n) is 8.20. The molecule has 0 aliphatic heterocycles. The Kier molecular flexibility index (Phi) is 19.8. The molecule has 0 radical (unpaired) electrons. The van der Waals surface area contributed by atoms with Crippen LogP contribution in [0.3, 0.4) is 0 Å². The van der Waals surface area contributed by atoms with Gasteiger partial charge in [-0.05, 0) is 6.42 Å². The third-order valence-electron chi connectivity index (χ3n) is 5.60. The number of unbranched alkanes of at least 4 members (excludes halogenated alkanes) is 16. The smallest absolute Gasteiger partial charge is 0.162 e. The molecule has 0 amide bonds. The van der Waals surface area contributed by atoms with Gasteiger partial charge in [0.25, 0.3) is 0 Å². The van der Waals surface area contributed by atoms with Crippen LogP contribution in [-0.4, -0.2) is 5.78 Å². The van der Waals surface area contributed by atoms with Crippen molar-refractivity contribution in [2.45, 2.75) is 130 Å². The highest BCUT2D eigenvalue weighted by Crippen LogP contribution is 2.15. The molecule has 1 aromatic rings. The molecule has 0 bridgehead atoms. The SMILES string of the molecule is C.CCCCCCCCCCCCCCCCCCCC(=O)c1ccccc1. The highest BCUT2D eigenvalue weighted by molar-refractivity contribution is 5.95. The fraction of sp³-hybridized carbons (Fsp3) is 0.741. The van der Waals surface area contributed by atoms with Crippen molar-refractivity contribution in [3.8, 4) is 0 Å². The van der Waals surface area contributed by atoms with Crippen LogP contribution in [0.25, 0.3) is 0 Å². The topological polar surface area (TPSA) is 17.1 Å². The predicted octanol–water partition coefficient (Wildman–Crippen LogP) is 9.55. The normalized spacial score (nSPS) is 10.6. The summed E-state index contributed by atoms with van der Waals surface area (Å²) in [5.41, 5.74) is 0.869. The summed E-state index contributed by atoms with van der Waals surface area (Å²) in [7, 11) is 0. The molecule has 0 unspecified atom stereocenters. The molecule has 0 aromatic heterocycles. The number of benzene rings is 1. The Labute approximate surface area is 176 Å². The largest absolute Gasteiger partial charge is 0.294 e. The lowest BCUT2D eigenvalue weighted by molar-refractivity contribution is 0.0979. The molecule has 0 heterocycles. The van der Waals surface area contributed by atoms with Crippen molar-refractivity contribution in [1.82, 2.24) is 0 Å². The van der Waals surface area contributed by atoms with Gasteiger partial charge in [-0.25, -0.2) is 0 Å². The zero-order valence-electron chi connectivity index (χ0n) is 18.0. The van der Waals surface area contributed by atoms with E-state index in [9.17, 15) is 4.79 Å². The Morgan fingerprint density at radius 3 is 1.32 bits per heavy atom. The Morgan fingerprint density at radius 1 is 0.571 bits per heavy atom. The van der Waals surface area contributed by atoms with E-state index >= 15 is 0 Å². The maximum Gasteiger partial charge on any atom is 0.162 e. The molecule has 0 aliphatic rings. The summed E-state index contributed by atoms with van der Waals surface area (Å²) in [6, 6.07) is 9.71. The van der Waals surface area contributed by atoms with Gasteiger partial charge in [0.1, 0.15) is 0 Å². The quantitative estimate of drug-likeness (QED) is 0.170. The maximum absolute atomic E-state index is 12.0. The molecule has 162 valence electrons. The lowest BCUT2D eigenvalue weighted by atomic mass is 10.0. The van der Waals surface area contributed by atoms with E-state index in [0.29, 0.717) is 12.2 Å². The second-order valence-corrected chi connectivity index (χ2v) is 8.20. The summed E-state index contributed by atoms with van der Waals surface area (Å²) in [5.74, 6) is 0.302. The fourth-order valence-electron chi connectivity index (χ4n) is 3.78. The molecule has 0 fully saturated rings. The van der Waals surface area contributed by atoms with Crippen LogP contribution in [0.4, 0.5) is 0 Å². The third-order valence-corrected chi connectivity index (χ3v) is 5.60. The Balaban J connectivity index is 0.00000729. The van der Waals surface area contributed by atoms with Crippen LogP contribution < -0.4 is 0 Å². The van der Waals surface area contributed by atoms with Gasteiger partial charge in [0.05, 0.1) is 0 Å². The standard InChI is InChI=1S/C26H44O.CH4/c1-2-3-4-5-6-7-8-9-10-11-12-13-14-15-16-17-21-24-26(27)25-22-19-18-20-23-25;/h18-20,22-23H,2-17,21,24H2,1H3;1H4. The second kappa shape index (κ2) is 20.6. The average molecular weight is 389 g/mol. The molecular weight excluding hydrogens is 340 g/mol. The average Bonchev–Trinajstić information content (AvgIpc) is 2.70. The van der Waals surface area contributed by atoms with Gasteiger partial charge in [-0.2, -0.15) is 0 Å². The lowest BCUT2D eigenvalue weighted by Gasteiger charge is -2.04. The van der Waals surface area contributed by atoms with Crippen molar-refractivity contribution in [1.29, 1.82) is 0 Å². The highest BCUT2D eigenvalue weighted by atomic mass is 16.1. The Morgan fingerprint density at radius 2 is 0.929 bits per heavy atom. The van der Waals surface area contributed by atoms with Crippen LogP contribution in [0.5, 0.6) is 0 Å². The predicted molar refractivity (Wildman–Crippen MR) is 126 cm³/mol. The zero-order chi connectivity index (χ0) is 19.4. The number of hydrogen-bond donors (Lipinski definition) is 0. The minimum absolute atomic E-state index is 0. The van der Waals surface area contributed by atoms with Crippen molar-refractivity contribution < 1.29 is 4.79 Å². The van der Waals surface area contributed by atoms with E-state index in [0.717, 1.165) is 12.0 Å². The summed E-state index contributed by atoms with van der Waals surface area (Å²) in [4.78, 5) is 12.0. The first-order chi connectivity index (χ1) is 13.3. The first kappa shape index (κ1) is 26.9. The molecule has 0 aliphatic carbocycles. The van der Waals surface area contributed by atoms with E-state index in [1.165, 1.54) is 103 Å². The fourth-order valence-corrected chi connectivity index (χ4v) is 3.78. The van der Waals surface area contributed by atoms with E-state index in [1.54, 1.807) is 0 Å². The van der Waals surface area contributed by atoms with E-state index in [-0.39, 0.29) is 7.43 Å². The summed E-state index contributed by atoms with van der Waals surface area (Å²) in [5, 5.41) is 0. The minimum Gasteiger partial charge on any atom is -0.294 e. The summed E-state index contributed by atoms with van der Waals surface area (Å²) in [6.07, 6.45) is 24.2. The number of carbonyl (C=O) groups excluding carboxylic acids is 1. The number of carbonyl (C=O) groups is 1. The third kappa shape index (κ3) is 15.9. The van der Waals surface area contributed by atoms with Crippen LogP contribution in [-0.2, 0) is 0 Å². The first-order valence-electron chi connectivity index (χ1n) is 11.9. The summed E-state index contributed by atoms with van der Waals surface area (Å²) < 4.78 is 0. The summed E-state index contributed by atoms with van der Waals surface area (Å²) >= 11 is 0. The molecule has 28 heavy (non-hydrogen) atoms. The van der Waals surface area contributed by atoms with Gasteiger partial charge in [-0.1, -0.05) is 147 Å². The van der Waals surface area contributed by atoms with E-state index in [1.807, 2.05) is 30.3 Å². The minimum atomic E-state index is 0. The number of ketones is 1. The zero-order valence-corrected chi connectivity index (χ0v) is 18.0. The van der Waals surface area contributed by atoms with Crippen molar-refractivity contribution >= 4 is 5.78 Å². The molecule has 0 atom stereocenters. The summed E-state index contributed by atoms with van der Waals surface area (Å²) in [6.45, 7) is 2.29. The molecule has 1 aromatic carbocycles. The number of hydrogen-bond acceptors (Lipinski definition) is 1. The van der Waals surface area contributed by atoms with Gasteiger partial charge in [-0.15, -0.1) is 0 Å². The van der Waals surface area contributed by atoms with Crippen molar-refractivity contribution in [3.63, 3.8) is 0 Å². The molecule has 0 N–H and O–H groups in total. The van der Waals surface area contributed by atoms with Crippen LogP contribution >= 0.6 is 0 Å². The number of Topliss-reactive ketones (excluding diaryl/α,β-unsaturated/α-hetero) is 1. The van der Waals surface area contributed by atoms with Crippen molar-refractivity contribution in [2.75, 3.05) is 0 Å². The Hall–Kier alpha value is -1.11. The molecule has 0 saturated heterocycles. The van der Waals surface area contributed by atoms with Crippen molar-refractivity contribution in [3.05, 3.63) is 35.9 Å². The maximum atomic E-state index is 12.0. The van der Waals surface area contributed by atoms with E-state index in [2.05, 4.69) is 6.92 Å². The van der Waals surface area contributed by atoms with E-state index < -0.39 is 0 Å². The van der Waals surface area contributed by atoms with Crippen LogP contribution in [0.15, 0.2) is 30.3 Å². The molecule has 1 nitrogen and oxygen atoms in total. The Bertz CT molecular complexity index is 437. The van der Waals surface area contributed by atoms with Gasteiger partial charge in [0, 0.05) is 12.0 Å². The van der Waals surface area contributed by atoms with Gasteiger partial charge in [-0.3, -0.25) is 4.79 Å². The number of rotatable bonds is 19. The van der Waals surface area contributed by atoms with Gasteiger partial charge in [0.2, 0.25) is 0 Å².